The van der Waals surface area contributed by atoms with Crippen molar-refractivity contribution in [1.82, 2.24) is 10.2 Å². The Morgan fingerprint density at radius 3 is 2.68 bits per heavy atom. The molecule has 1 amide bonds. The van der Waals surface area contributed by atoms with Crippen LogP contribution in [0.2, 0.25) is 0 Å². The van der Waals surface area contributed by atoms with Crippen molar-refractivity contribution in [3.63, 3.8) is 0 Å². The fraction of sp³-hybridized carbons (Fsp3) is 0.611. The molecule has 0 bridgehead atoms. The lowest BCUT2D eigenvalue weighted by molar-refractivity contribution is 0.0937. The molecule has 2 unspecified atom stereocenters. The number of amides is 1. The quantitative estimate of drug-likeness (QED) is 0.877. The molecule has 3 aliphatic rings. The van der Waals surface area contributed by atoms with Crippen LogP contribution in [-0.4, -0.2) is 56.7 Å². The number of hydrogen-bond donors (Lipinski definition) is 1. The minimum Gasteiger partial charge on any atom is -0.348 e. The number of nitrogens with zero attached hydrogens (tertiary/aromatic N) is 2. The summed E-state index contributed by atoms with van der Waals surface area (Å²) in [4.78, 5) is 15.1. The van der Waals surface area contributed by atoms with E-state index in [1.165, 1.54) is 23.4 Å². The summed E-state index contributed by atoms with van der Waals surface area (Å²) < 4.78 is 25.4. The monoisotopic (exact) mass is 363 g/mol. The number of fused-ring (bicyclic) bond motifs is 1. The first-order valence-electron chi connectivity index (χ1n) is 9.00. The van der Waals surface area contributed by atoms with Crippen molar-refractivity contribution in [1.29, 1.82) is 0 Å². The van der Waals surface area contributed by atoms with Crippen LogP contribution >= 0.6 is 0 Å². The average molecular weight is 363 g/mol. The highest BCUT2D eigenvalue weighted by atomic mass is 32.2. The van der Waals surface area contributed by atoms with Crippen LogP contribution in [0.1, 0.15) is 42.1 Å². The Balaban J connectivity index is 1.47. The molecule has 1 saturated heterocycles. The lowest BCUT2D eigenvalue weighted by Crippen LogP contribution is -2.37. The molecule has 2 heterocycles. The maximum absolute atomic E-state index is 12.6. The van der Waals surface area contributed by atoms with Gasteiger partial charge < -0.3 is 5.32 Å². The van der Waals surface area contributed by atoms with Crippen molar-refractivity contribution in [2.75, 3.05) is 23.7 Å². The van der Waals surface area contributed by atoms with E-state index in [0.29, 0.717) is 17.7 Å². The summed E-state index contributed by atoms with van der Waals surface area (Å²) >= 11 is 0. The van der Waals surface area contributed by atoms with E-state index < -0.39 is 10.0 Å². The first-order chi connectivity index (χ1) is 11.8. The number of benzene rings is 1. The zero-order valence-electron chi connectivity index (χ0n) is 14.7. The van der Waals surface area contributed by atoms with E-state index in [-0.39, 0.29) is 18.0 Å². The number of hydrogen-bond acceptors (Lipinski definition) is 4. The van der Waals surface area contributed by atoms with E-state index in [2.05, 4.69) is 10.2 Å². The van der Waals surface area contributed by atoms with Gasteiger partial charge in [-0.1, -0.05) is 0 Å². The second-order valence-electron chi connectivity index (χ2n) is 7.64. The van der Waals surface area contributed by atoms with Crippen molar-refractivity contribution in [3.8, 4) is 0 Å². The molecule has 25 heavy (non-hydrogen) atoms. The highest BCUT2D eigenvalue weighted by molar-refractivity contribution is 7.92. The second kappa shape index (κ2) is 5.99. The van der Waals surface area contributed by atoms with E-state index >= 15 is 0 Å². The van der Waals surface area contributed by atoms with Gasteiger partial charge in [0, 0.05) is 36.8 Å². The topological polar surface area (TPSA) is 69.7 Å². The second-order valence-corrected chi connectivity index (χ2v) is 9.50. The van der Waals surface area contributed by atoms with Crippen LogP contribution in [0.15, 0.2) is 18.2 Å². The van der Waals surface area contributed by atoms with Crippen LogP contribution in [0.25, 0.3) is 0 Å². The SMILES string of the molecule is CC1Cc2cc(C(=O)NC3CCN(C4CC4)C3)ccc2N1S(C)(=O)=O. The molecule has 0 radical (unpaired) electrons. The Kier molecular flexibility index (Phi) is 4.03. The van der Waals surface area contributed by atoms with Crippen molar-refractivity contribution in [3.05, 3.63) is 29.3 Å². The zero-order chi connectivity index (χ0) is 17.8. The molecule has 2 aliphatic heterocycles. The van der Waals surface area contributed by atoms with Gasteiger partial charge in [0.05, 0.1) is 11.9 Å². The van der Waals surface area contributed by atoms with Crippen molar-refractivity contribution in [2.24, 2.45) is 0 Å². The molecule has 136 valence electrons. The van der Waals surface area contributed by atoms with Gasteiger partial charge in [0.15, 0.2) is 0 Å². The Labute approximate surface area is 149 Å². The van der Waals surface area contributed by atoms with E-state index in [9.17, 15) is 13.2 Å². The molecule has 2 fully saturated rings. The molecule has 7 heteroatoms. The van der Waals surface area contributed by atoms with Gasteiger partial charge in [0.2, 0.25) is 10.0 Å². The summed E-state index contributed by atoms with van der Waals surface area (Å²) in [6, 6.07) is 6.20. The van der Waals surface area contributed by atoms with Gasteiger partial charge in [-0.15, -0.1) is 0 Å². The molecule has 1 aromatic carbocycles. The fourth-order valence-corrected chi connectivity index (χ4v) is 5.46. The highest BCUT2D eigenvalue weighted by Gasteiger charge is 2.35. The summed E-state index contributed by atoms with van der Waals surface area (Å²) in [6.07, 6.45) is 5.46. The largest absolute Gasteiger partial charge is 0.348 e. The number of rotatable bonds is 4. The molecule has 2 atom stereocenters. The Bertz CT molecular complexity index is 804. The minimum atomic E-state index is -3.30. The number of sulfonamides is 1. The predicted octanol–water partition coefficient (Wildman–Crippen LogP) is 1.36. The van der Waals surface area contributed by atoms with Gasteiger partial charge in [-0.05, 0) is 56.4 Å². The smallest absolute Gasteiger partial charge is 0.251 e. The van der Waals surface area contributed by atoms with Gasteiger partial charge >= 0.3 is 0 Å². The Morgan fingerprint density at radius 1 is 1.24 bits per heavy atom. The standard InChI is InChI=1S/C18H25N3O3S/c1-12-9-14-10-13(3-6-17(14)21(12)25(2,23)24)18(22)19-15-7-8-20(11-15)16-4-5-16/h3,6,10,12,15-16H,4-5,7-9,11H2,1-2H3,(H,19,22). The van der Waals surface area contributed by atoms with Crippen molar-refractivity contribution < 1.29 is 13.2 Å². The lowest BCUT2D eigenvalue weighted by Gasteiger charge is -2.22. The first kappa shape index (κ1) is 16.8. The number of likely N-dealkylation sites (tertiary alicyclic amines) is 1. The number of nitrogens with one attached hydrogen (secondary N) is 1. The van der Waals surface area contributed by atoms with Crippen LogP contribution < -0.4 is 9.62 Å². The van der Waals surface area contributed by atoms with Gasteiger partial charge in [0.1, 0.15) is 0 Å². The maximum atomic E-state index is 12.6. The van der Waals surface area contributed by atoms with Gasteiger partial charge in [0.25, 0.3) is 5.91 Å². The number of carbonyl (C=O) groups is 1. The molecular weight excluding hydrogens is 338 g/mol. The first-order valence-corrected chi connectivity index (χ1v) is 10.8. The maximum Gasteiger partial charge on any atom is 0.251 e. The highest BCUT2D eigenvalue weighted by Crippen LogP contribution is 2.35. The fourth-order valence-electron chi connectivity index (χ4n) is 4.19. The third-order valence-corrected chi connectivity index (χ3v) is 6.74. The van der Waals surface area contributed by atoms with Crippen LogP contribution in [-0.2, 0) is 16.4 Å². The van der Waals surface area contributed by atoms with Crippen LogP contribution in [0.5, 0.6) is 0 Å². The summed E-state index contributed by atoms with van der Waals surface area (Å²) in [5, 5.41) is 3.14. The summed E-state index contributed by atoms with van der Waals surface area (Å²) in [5.74, 6) is -0.0593. The van der Waals surface area contributed by atoms with Gasteiger partial charge in [-0.25, -0.2) is 8.42 Å². The zero-order valence-corrected chi connectivity index (χ0v) is 15.6. The van der Waals surface area contributed by atoms with Crippen LogP contribution in [0.4, 0.5) is 5.69 Å². The number of carbonyl (C=O) groups excluding carboxylic acids is 1. The Hall–Kier alpha value is -1.60. The molecule has 0 spiro atoms. The molecule has 0 aromatic heterocycles. The van der Waals surface area contributed by atoms with Crippen molar-refractivity contribution in [2.45, 2.75) is 50.7 Å². The number of anilines is 1. The van der Waals surface area contributed by atoms with E-state index in [1.54, 1.807) is 12.1 Å². The predicted molar refractivity (Wildman–Crippen MR) is 97.4 cm³/mol. The molecular formula is C18H25N3O3S. The van der Waals surface area contributed by atoms with Crippen molar-refractivity contribution >= 4 is 21.6 Å². The minimum absolute atomic E-state index is 0.0593. The summed E-state index contributed by atoms with van der Waals surface area (Å²) in [7, 11) is -3.30. The normalized spacial score (nSPS) is 26.7. The third-order valence-electron chi connectivity index (χ3n) is 5.47. The Morgan fingerprint density at radius 2 is 2.00 bits per heavy atom. The van der Waals surface area contributed by atoms with E-state index in [0.717, 1.165) is 31.1 Å². The van der Waals surface area contributed by atoms with E-state index in [4.69, 9.17) is 0 Å². The van der Waals surface area contributed by atoms with E-state index in [1.807, 2.05) is 13.0 Å². The molecule has 1 N–H and O–H groups in total. The van der Waals surface area contributed by atoms with Gasteiger partial charge in [-0.3, -0.25) is 14.0 Å². The molecule has 1 saturated carbocycles. The molecule has 6 nitrogen and oxygen atoms in total. The summed E-state index contributed by atoms with van der Waals surface area (Å²) in [6.45, 7) is 3.91. The molecule has 4 rings (SSSR count). The van der Waals surface area contributed by atoms with Gasteiger partial charge in [-0.2, -0.15) is 0 Å². The molecule has 1 aliphatic carbocycles. The van der Waals surface area contributed by atoms with Crippen LogP contribution in [0, 0.1) is 0 Å². The average Bonchev–Trinajstić information content (AvgIpc) is 3.17. The lowest BCUT2D eigenvalue weighted by atomic mass is 10.1. The molecule has 1 aromatic rings. The summed E-state index contributed by atoms with van der Waals surface area (Å²) in [5.41, 5.74) is 2.25. The third kappa shape index (κ3) is 3.27. The van der Waals surface area contributed by atoms with Crippen LogP contribution in [0.3, 0.4) is 0 Å².